The van der Waals surface area contributed by atoms with Crippen LogP contribution in [0, 0.1) is 11.2 Å². The zero-order valence-corrected chi connectivity index (χ0v) is 16.9. The molecule has 160 valence electrons. The highest BCUT2D eigenvalue weighted by atomic mass is 32.2. The lowest BCUT2D eigenvalue weighted by atomic mass is 9.67. The number of aromatic hydroxyl groups is 1. The molecule has 4 N–H and O–H groups in total. The number of nitrogens with one attached hydrogen (secondary N) is 2. The molecular formula is C19H26FN3O5S. The summed E-state index contributed by atoms with van der Waals surface area (Å²) >= 11 is 0. The molecule has 1 amide bonds. The van der Waals surface area contributed by atoms with Gasteiger partial charge in [0.1, 0.15) is 18.0 Å². The number of nitrogens with zero attached hydrogens (tertiary/aromatic N) is 1. The maximum absolute atomic E-state index is 15.3. The highest BCUT2D eigenvalue weighted by molar-refractivity contribution is 7.92. The number of carbonyl (C=O) groups excluding carboxylic acids is 1. The summed E-state index contributed by atoms with van der Waals surface area (Å²) in [5, 5.41) is 23.3. The summed E-state index contributed by atoms with van der Waals surface area (Å²) in [6.45, 7) is 0.360. The van der Waals surface area contributed by atoms with Crippen LogP contribution in [0.15, 0.2) is 6.07 Å². The molecule has 2 aliphatic carbocycles. The monoisotopic (exact) mass is 427 g/mol. The van der Waals surface area contributed by atoms with Crippen LogP contribution in [0.25, 0.3) is 0 Å². The average Bonchev–Trinajstić information content (AvgIpc) is 2.90. The first kappa shape index (κ1) is 20.4. The predicted octanol–water partition coefficient (Wildman–Crippen LogP) is 0.712. The largest absolute Gasteiger partial charge is 0.506 e. The molecular weight excluding hydrogens is 401 g/mol. The van der Waals surface area contributed by atoms with Gasteiger partial charge in [0.15, 0.2) is 5.82 Å². The molecule has 29 heavy (non-hydrogen) atoms. The molecule has 1 aromatic rings. The lowest BCUT2D eigenvalue weighted by molar-refractivity contribution is -0.117. The van der Waals surface area contributed by atoms with Gasteiger partial charge in [0.2, 0.25) is 0 Å². The van der Waals surface area contributed by atoms with E-state index >= 15 is 4.39 Å². The third kappa shape index (κ3) is 3.69. The molecule has 1 atom stereocenters. The van der Waals surface area contributed by atoms with Gasteiger partial charge < -0.3 is 15.5 Å². The zero-order valence-electron chi connectivity index (χ0n) is 16.1. The van der Waals surface area contributed by atoms with E-state index in [1.807, 2.05) is 0 Å². The van der Waals surface area contributed by atoms with Crippen LogP contribution in [0.4, 0.5) is 10.1 Å². The lowest BCUT2D eigenvalue weighted by Crippen LogP contribution is -2.41. The fraction of sp³-hybridized carbons (Fsp3) is 0.632. The number of aliphatic hydroxyl groups excluding tert-OH is 1. The summed E-state index contributed by atoms with van der Waals surface area (Å²) in [6, 6.07) is 1.43. The van der Waals surface area contributed by atoms with E-state index in [4.69, 9.17) is 0 Å². The van der Waals surface area contributed by atoms with E-state index in [0.29, 0.717) is 28.3 Å². The van der Waals surface area contributed by atoms with E-state index < -0.39 is 39.9 Å². The minimum absolute atomic E-state index is 0.0213. The number of fused-ring (bicyclic) bond motifs is 1. The van der Waals surface area contributed by atoms with Gasteiger partial charge in [-0.3, -0.25) is 4.79 Å². The number of phenols is 1. The van der Waals surface area contributed by atoms with E-state index in [1.165, 1.54) is 6.07 Å². The molecule has 4 rings (SSSR count). The van der Waals surface area contributed by atoms with Crippen molar-refractivity contribution in [1.29, 1.82) is 0 Å². The van der Waals surface area contributed by atoms with Crippen molar-refractivity contribution < 1.29 is 27.8 Å². The maximum Gasteiger partial charge on any atom is 0.326 e. The van der Waals surface area contributed by atoms with Crippen molar-refractivity contribution in [2.45, 2.75) is 51.0 Å². The predicted molar refractivity (Wildman–Crippen MR) is 104 cm³/mol. The Labute approximate surface area is 169 Å². The van der Waals surface area contributed by atoms with Crippen LogP contribution < -0.4 is 14.3 Å². The van der Waals surface area contributed by atoms with E-state index in [1.54, 1.807) is 4.72 Å². The van der Waals surface area contributed by atoms with E-state index in [0.717, 1.165) is 38.6 Å². The Bertz CT molecular complexity index is 927. The molecule has 3 aliphatic rings. The molecule has 0 aromatic heterocycles. The second-order valence-electron chi connectivity index (χ2n) is 8.39. The Morgan fingerprint density at radius 3 is 2.72 bits per heavy atom. The number of carbonyl (C=O) groups is 1. The van der Waals surface area contributed by atoms with Crippen molar-refractivity contribution in [2.24, 2.45) is 5.41 Å². The van der Waals surface area contributed by atoms with Crippen LogP contribution in [0.1, 0.15) is 43.2 Å². The number of aryl methyl sites for hydroxylation is 1. The molecule has 2 fully saturated rings. The topological polar surface area (TPSA) is 119 Å². The first-order valence-electron chi connectivity index (χ1n) is 9.95. The summed E-state index contributed by atoms with van der Waals surface area (Å²) in [7, 11) is -4.21. The second-order valence-corrected chi connectivity index (χ2v) is 9.98. The number of hydrogen-bond donors (Lipinski definition) is 4. The number of rotatable bonds is 6. The molecule has 0 unspecified atom stereocenters. The van der Waals surface area contributed by atoms with Gasteiger partial charge in [-0.25, -0.2) is 13.4 Å². The number of benzene rings is 1. The van der Waals surface area contributed by atoms with Gasteiger partial charge in [-0.15, -0.1) is 0 Å². The fourth-order valence-electron chi connectivity index (χ4n) is 4.60. The van der Waals surface area contributed by atoms with Crippen molar-refractivity contribution in [3.05, 3.63) is 23.0 Å². The smallest absolute Gasteiger partial charge is 0.326 e. The number of anilines is 1. The van der Waals surface area contributed by atoms with E-state index in [9.17, 15) is 23.4 Å². The zero-order chi connectivity index (χ0) is 20.8. The fourth-order valence-corrected chi connectivity index (χ4v) is 5.77. The number of hydrogen-bond acceptors (Lipinski definition) is 6. The van der Waals surface area contributed by atoms with Crippen molar-refractivity contribution >= 4 is 21.8 Å². The Hall–Kier alpha value is -1.91. The normalized spacial score (nSPS) is 24.7. The average molecular weight is 427 g/mol. The molecule has 1 aromatic carbocycles. The Morgan fingerprint density at radius 2 is 2.14 bits per heavy atom. The third-order valence-electron chi connectivity index (χ3n) is 6.53. The van der Waals surface area contributed by atoms with Crippen molar-refractivity contribution in [3.8, 4) is 5.75 Å². The molecule has 1 heterocycles. The standard InChI is InChI=1S/C19H26FN3O5S/c20-17-14-9-13(21-7-6-19(11-24)4-1-5-19)3-2-12(14)8-15(25)18(17)23-10-16(26)22-29(23,27)28/h8,13,21,24-25H,1-7,9-11H2,(H,22,26)/t13-/m1/s1. The lowest BCUT2D eigenvalue weighted by Gasteiger charge is -2.41. The van der Waals surface area contributed by atoms with Crippen LogP contribution in [-0.4, -0.2) is 50.3 Å². The van der Waals surface area contributed by atoms with Crippen molar-refractivity contribution in [3.63, 3.8) is 0 Å². The quantitative estimate of drug-likeness (QED) is 0.531. The highest BCUT2D eigenvalue weighted by Crippen LogP contribution is 2.43. The summed E-state index contributed by atoms with van der Waals surface area (Å²) in [6.07, 6.45) is 5.80. The summed E-state index contributed by atoms with van der Waals surface area (Å²) in [4.78, 5) is 11.5. The summed E-state index contributed by atoms with van der Waals surface area (Å²) < 4.78 is 41.8. The molecule has 1 saturated carbocycles. The molecule has 10 heteroatoms. The first-order valence-corrected chi connectivity index (χ1v) is 11.4. The van der Waals surface area contributed by atoms with Crippen molar-refractivity contribution in [1.82, 2.24) is 10.0 Å². The van der Waals surface area contributed by atoms with E-state index in [-0.39, 0.29) is 18.1 Å². The third-order valence-corrected chi connectivity index (χ3v) is 7.91. The van der Waals surface area contributed by atoms with Crippen LogP contribution in [0.5, 0.6) is 5.75 Å². The van der Waals surface area contributed by atoms with Crippen molar-refractivity contribution in [2.75, 3.05) is 24.0 Å². The Kier molecular flexibility index (Phi) is 5.20. The van der Waals surface area contributed by atoms with Gasteiger partial charge in [-0.05, 0) is 67.7 Å². The Morgan fingerprint density at radius 1 is 1.38 bits per heavy atom. The molecule has 8 nitrogen and oxygen atoms in total. The van der Waals surface area contributed by atoms with Crippen LogP contribution >= 0.6 is 0 Å². The number of amides is 1. The van der Waals surface area contributed by atoms with E-state index in [2.05, 4.69) is 5.32 Å². The second kappa shape index (κ2) is 7.41. The van der Waals surface area contributed by atoms with Crippen LogP contribution in [-0.2, 0) is 27.8 Å². The van der Waals surface area contributed by atoms with Gasteiger partial charge in [0.25, 0.3) is 5.91 Å². The minimum Gasteiger partial charge on any atom is -0.506 e. The Balaban J connectivity index is 1.51. The SMILES string of the molecule is O=C1CN(c2c(O)cc3c(c2F)C[C@H](NCCC2(CO)CCC2)CC3)S(=O)(=O)N1. The van der Waals surface area contributed by atoms with Gasteiger partial charge >= 0.3 is 10.2 Å². The number of aliphatic hydroxyl groups is 1. The molecule has 1 aliphatic heterocycles. The summed E-state index contributed by atoms with van der Waals surface area (Å²) in [5.41, 5.74) is 0.574. The van der Waals surface area contributed by atoms with Gasteiger partial charge in [-0.1, -0.05) is 6.42 Å². The van der Waals surface area contributed by atoms with Gasteiger partial charge in [-0.2, -0.15) is 8.42 Å². The number of phenolic OH excluding ortho intramolecular Hbond substituents is 1. The number of halogens is 1. The summed E-state index contributed by atoms with van der Waals surface area (Å²) in [5.74, 6) is -2.05. The minimum atomic E-state index is -4.21. The first-order chi connectivity index (χ1) is 13.7. The molecule has 1 saturated heterocycles. The highest BCUT2D eigenvalue weighted by Gasteiger charge is 2.39. The van der Waals surface area contributed by atoms with Crippen LogP contribution in [0.3, 0.4) is 0 Å². The molecule has 0 spiro atoms. The van der Waals surface area contributed by atoms with Gasteiger partial charge in [0, 0.05) is 12.6 Å². The molecule has 0 radical (unpaired) electrons. The maximum atomic E-state index is 15.3. The molecule has 0 bridgehead atoms. The van der Waals surface area contributed by atoms with Gasteiger partial charge in [0.05, 0.1) is 0 Å². The van der Waals surface area contributed by atoms with Crippen LogP contribution in [0.2, 0.25) is 0 Å².